The van der Waals surface area contributed by atoms with Gasteiger partial charge in [0.2, 0.25) is 0 Å². The lowest BCUT2D eigenvalue weighted by molar-refractivity contribution is -0.138. The van der Waals surface area contributed by atoms with Crippen LogP contribution in [0.3, 0.4) is 0 Å². The van der Waals surface area contributed by atoms with Gasteiger partial charge in [0, 0.05) is 33.2 Å². The molecule has 1 amide bonds. The summed E-state index contributed by atoms with van der Waals surface area (Å²) in [6, 6.07) is 0. The molecule has 104 valence electrons. The van der Waals surface area contributed by atoms with Crippen LogP contribution in [0.25, 0.3) is 0 Å². The predicted molar refractivity (Wildman–Crippen MR) is 67.8 cm³/mol. The number of rotatable bonds is 3. The molecule has 1 fully saturated rings. The molecule has 0 spiro atoms. The Hall–Kier alpha value is -1.89. The van der Waals surface area contributed by atoms with Crippen LogP contribution in [0.4, 0.5) is 0 Å². The van der Waals surface area contributed by atoms with E-state index in [9.17, 15) is 9.59 Å². The third-order valence-corrected chi connectivity index (χ3v) is 3.27. The maximum atomic E-state index is 12.3. The van der Waals surface area contributed by atoms with Crippen molar-refractivity contribution in [2.45, 2.75) is 6.42 Å². The number of carbonyl (C=O) groups excluding carboxylic acids is 1. The molecule has 2 heterocycles. The maximum Gasteiger partial charge on any atom is 0.317 e. The minimum absolute atomic E-state index is 0.0355. The molecule has 19 heavy (non-hydrogen) atoms. The highest BCUT2D eigenvalue weighted by atomic mass is 16.4. The van der Waals surface area contributed by atoms with Gasteiger partial charge in [0.15, 0.2) is 0 Å². The van der Waals surface area contributed by atoms with Crippen LogP contribution in [0.2, 0.25) is 0 Å². The second kappa shape index (κ2) is 5.83. The summed E-state index contributed by atoms with van der Waals surface area (Å²) in [7, 11) is 1.79. The molecule has 1 aliphatic rings. The van der Waals surface area contributed by atoms with E-state index in [0.29, 0.717) is 31.9 Å². The smallest absolute Gasteiger partial charge is 0.317 e. The van der Waals surface area contributed by atoms with Crippen LogP contribution in [-0.2, 0) is 11.8 Å². The molecule has 7 heteroatoms. The first-order chi connectivity index (χ1) is 9.08. The van der Waals surface area contributed by atoms with Gasteiger partial charge in [-0.05, 0) is 6.42 Å². The van der Waals surface area contributed by atoms with E-state index in [2.05, 4.69) is 4.98 Å². The largest absolute Gasteiger partial charge is 0.480 e. The topological polar surface area (TPSA) is 78.7 Å². The van der Waals surface area contributed by atoms with Crippen molar-refractivity contribution in [3.63, 3.8) is 0 Å². The SMILES string of the molecule is Cn1cncc1C(=O)N1CCCN(CC(=O)O)CC1. The molecule has 1 N–H and O–H groups in total. The van der Waals surface area contributed by atoms with E-state index in [1.165, 1.54) is 0 Å². The summed E-state index contributed by atoms with van der Waals surface area (Å²) in [4.78, 5) is 30.6. The number of nitrogens with zero attached hydrogens (tertiary/aromatic N) is 4. The Bertz CT molecular complexity index is 471. The van der Waals surface area contributed by atoms with Crippen LogP contribution >= 0.6 is 0 Å². The number of hydrogen-bond donors (Lipinski definition) is 1. The Balaban J connectivity index is 1.97. The van der Waals surface area contributed by atoms with E-state index in [1.807, 2.05) is 4.90 Å². The van der Waals surface area contributed by atoms with Crippen molar-refractivity contribution in [3.05, 3.63) is 18.2 Å². The summed E-state index contributed by atoms with van der Waals surface area (Å²) in [5.41, 5.74) is 0.562. The fourth-order valence-corrected chi connectivity index (χ4v) is 2.25. The van der Waals surface area contributed by atoms with Crippen LogP contribution in [0, 0.1) is 0 Å². The zero-order valence-electron chi connectivity index (χ0n) is 10.9. The average molecular weight is 266 g/mol. The summed E-state index contributed by atoms with van der Waals surface area (Å²) in [5.74, 6) is -0.872. The van der Waals surface area contributed by atoms with E-state index in [1.54, 1.807) is 29.0 Å². The van der Waals surface area contributed by atoms with Gasteiger partial charge in [0.25, 0.3) is 5.91 Å². The Morgan fingerprint density at radius 3 is 2.74 bits per heavy atom. The van der Waals surface area contributed by atoms with Gasteiger partial charge >= 0.3 is 5.97 Å². The van der Waals surface area contributed by atoms with Gasteiger partial charge < -0.3 is 14.6 Å². The van der Waals surface area contributed by atoms with Crippen molar-refractivity contribution >= 4 is 11.9 Å². The highest BCUT2D eigenvalue weighted by molar-refractivity contribution is 5.92. The second-order valence-electron chi connectivity index (χ2n) is 4.71. The van der Waals surface area contributed by atoms with Crippen molar-refractivity contribution in [2.75, 3.05) is 32.7 Å². The molecule has 1 aromatic rings. The van der Waals surface area contributed by atoms with E-state index in [0.717, 1.165) is 6.42 Å². The standard InChI is InChI=1S/C12H18N4O3/c1-14-9-13-7-10(14)12(19)16-4-2-3-15(5-6-16)8-11(17)18/h7,9H,2-6,8H2,1H3,(H,17,18). The summed E-state index contributed by atoms with van der Waals surface area (Å²) < 4.78 is 1.70. The zero-order valence-corrected chi connectivity index (χ0v) is 10.9. The van der Waals surface area contributed by atoms with Gasteiger partial charge in [0.05, 0.1) is 19.1 Å². The number of aromatic nitrogens is 2. The molecule has 0 bridgehead atoms. The number of carboxylic acids is 1. The Morgan fingerprint density at radius 1 is 1.32 bits per heavy atom. The van der Waals surface area contributed by atoms with Crippen LogP contribution in [0.5, 0.6) is 0 Å². The molecule has 2 rings (SSSR count). The second-order valence-corrected chi connectivity index (χ2v) is 4.71. The average Bonchev–Trinajstić information content (AvgIpc) is 2.64. The number of imidazole rings is 1. The monoisotopic (exact) mass is 266 g/mol. The molecular formula is C12H18N4O3. The van der Waals surface area contributed by atoms with Crippen molar-refractivity contribution in [1.82, 2.24) is 19.4 Å². The van der Waals surface area contributed by atoms with Gasteiger partial charge in [-0.3, -0.25) is 14.5 Å². The third kappa shape index (κ3) is 3.31. The van der Waals surface area contributed by atoms with Crippen LogP contribution in [0.1, 0.15) is 16.9 Å². The Kier molecular flexibility index (Phi) is 4.16. The van der Waals surface area contributed by atoms with Crippen molar-refractivity contribution in [2.24, 2.45) is 7.05 Å². The minimum Gasteiger partial charge on any atom is -0.480 e. The highest BCUT2D eigenvalue weighted by Gasteiger charge is 2.22. The fraction of sp³-hybridized carbons (Fsp3) is 0.583. The lowest BCUT2D eigenvalue weighted by Crippen LogP contribution is -2.37. The molecule has 1 aliphatic heterocycles. The number of carbonyl (C=O) groups is 2. The van der Waals surface area contributed by atoms with Gasteiger partial charge in [-0.15, -0.1) is 0 Å². The molecular weight excluding hydrogens is 248 g/mol. The van der Waals surface area contributed by atoms with E-state index < -0.39 is 5.97 Å². The minimum atomic E-state index is -0.827. The van der Waals surface area contributed by atoms with Gasteiger partial charge in [-0.25, -0.2) is 4.98 Å². The van der Waals surface area contributed by atoms with Gasteiger partial charge in [-0.1, -0.05) is 0 Å². The summed E-state index contributed by atoms with van der Waals surface area (Å²) in [6.07, 6.45) is 3.95. The molecule has 0 aromatic carbocycles. The Labute approximate surface area is 111 Å². The quantitative estimate of drug-likeness (QED) is 0.809. The molecule has 0 unspecified atom stereocenters. The first kappa shape index (κ1) is 13.5. The molecule has 0 aliphatic carbocycles. The number of aryl methyl sites for hydroxylation is 1. The number of carboxylic acid groups (broad SMARTS) is 1. The molecule has 1 aromatic heterocycles. The molecule has 0 atom stereocenters. The Morgan fingerprint density at radius 2 is 2.11 bits per heavy atom. The predicted octanol–water partition coefficient (Wildman–Crippen LogP) is -0.347. The normalized spacial score (nSPS) is 17.2. The lowest BCUT2D eigenvalue weighted by Gasteiger charge is -2.21. The first-order valence-electron chi connectivity index (χ1n) is 6.27. The summed E-state index contributed by atoms with van der Waals surface area (Å²) in [5, 5.41) is 8.79. The van der Waals surface area contributed by atoms with Crippen molar-refractivity contribution < 1.29 is 14.7 Å². The molecule has 1 saturated heterocycles. The summed E-state index contributed by atoms with van der Waals surface area (Å²) in [6.45, 7) is 2.54. The van der Waals surface area contributed by atoms with E-state index in [-0.39, 0.29) is 12.5 Å². The van der Waals surface area contributed by atoms with Crippen LogP contribution in [0.15, 0.2) is 12.5 Å². The van der Waals surface area contributed by atoms with Crippen LogP contribution in [-0.4, -0.2) is 69.1 Å². The van der Waals surface area contributed by atoms with E-state index >= 15 is 0 Å². The lowest BCUT2D eigenvalue weighted by atomic mass is 10.3. The molecule has 7 nitrogen and oxygen atoms in total. The van der Waals surface area contributed by atoms with Crippen LogP contribution < -0.4 is 0 Å². The molecule has 0 saturated carbocycles. The first-order valence-corrected chi connectivity index (χ1v) is 6.27. The third-order valence-electron chi connectivity index (χ3n) is 3.27. The zero-order chi connectivity index (χ0) is 13.8. The number of hydrogen-bond acceptors (Lipinski definition) is 4. The van der Waals surface area contributed by atoms with Crippen molar-refractivity contribution in [3.8, 4) is 0 Å². The highest BCUT2D eigenvalue weighted by Crippen LogP contribution is 2.08. The maximum absolute atomic E-state index is 12.3. The summed E-state index contributed by atoms with van der Waals surface area (Å²) >= 11 is 0. The van der Waals surface area contributed by atoms with Crippen molar-refractivity contribution in [1.29, 1.82) is 0 Å². The number of amides is 1. The van der Waals surface area contributed by atoms with Gasteiger partial charge in [-0.2, -0.15) is 0 Å². The van der Waals surface area contributed by atoms with Gasteiger partial charge in [0.1, 0.15) is 5.69 Å². The van der Waals surface area contributed by atoms with E-state index in [4.69, 9.17) is 5.11 Å². The number of aliphatic carboxylic acids is 1. The fourth-order valence-electron chi connectivity index (χ4n) is 2.25. The molecule has 0 radical (unpaired) electrons.